The Morgan fingerprint density at radius 2 is 2.17 bits per heavy atom. The van der Waals surface area contributed by atoms with Gasteiger partial charge in [0.05, 0.1) is 19.7 Å². The van der Waals surface area contributed by atoms with Crippen molar-refractivity contribution in [2.24, 2.45) is 0 Å². The topological polar surface area (TPSA) is 86.8 Å². The minimum atomic E-state index is -0.365. The summed E-state index contributed by atoms with van der Waals surface area (Å²) in [5.74, 6) is 0.738. The summed E-state index contributed by atoms with van der Waals surface area (Å²) in [5.41, 5.74) is 0.855. The van der Waals surface area contributed by atoms with Crippen molar-refractivity contribution in [2.75, 3.05) is 20.4 Å². The number of carbonyl (C=O) groups is 2. The fourth-order valence-corrected chi connectivity index (χ4v) is 2.84. The van der Waals surface area contributed by atoms with E-state index >= 15 is 0 Å². The van der Waals surface area contributed by atoms with Gasteiger partial charge in [-0.05, 0) is 18.2 Å². The van der Waals surface area contributed by atoms with Crippen molar-refractivity contribution in [3.63, 3.8) is 0 Å². The number of thiazole rings is 1. The van der Waals surface area contributed by atoms with Crippen LogP contribution in [0, 0.1) is 0 Å². The first-order valence-electron chi connectivity index (χ1n) is 6.88. The second-order valence-electron chi connectivity index (χ2n) is 4.68. The number of ether oxygens (including phenoxy) is 3. The maximum absolute atomic E-state index is 12.0. The van der Waals surface area contributed by atoms with E-state index in [4.69, 9.17) is 9.47 Å². The quantitative estimate of drug-likeness (QED) is 0.840. The van der Waals surface area contributed by atoms with Gasteiger partial charge in [0, 0.05) is 12.1 Å². The Balaban J connectivity index is 1.66. The van der Waals surface area contributed by atoms with Crippen LogP contribution in [0.4, 0.5) is 0 Å². The van der Waals surface area contributed by atoms with Crippen molar-refractivity contribution < 1.29 is 23.8 Å². The molecule has 3 rings (SSSR count). The second-order valence-corrected chi connectivity index (χ2v) is 5.71. The summed E-state index contributed by atoms with van der Waals surface area (Å²) < 4.78 is 15.1. The first-order valence-corrected chi connectivity index (χ1v) is 7.70. The van der Waals surface area contributed by atoms with Crippen LogP contribution in [-0.2, 0) is 9.53 Å². The number of amides is 1. The average Bonchev–Trinajstić information content (AvgIpc) is 3.22. The molecule has 2 aromatic rings. The molecule has 120 valence electrons. The Kier molecular flexibility index (Phi) is 4.42. The van der Waals surface area contributed by atoms with Crippen LogP contribution in [0.2, 0.25) is 0 Å². The molecule has 0 aliphatic carbocycles. The van der Waals surface area contributed by atoms with Crippen molar-refractivity contribution in [3.8, 4) is 22.1 Å². The van der Waals surface area contributed by atoms with Gasteiger partial charge in [-0.15, -0.1) is 11.3 Å². The smallest absolute Gasteiger partial charge is 0.307 e. The summed E-state index contributed by atoms with van der Waals surface area (Å²) in [6.07, 6.45) is 1.65. The Hall–Kier alpha value is -2.61. The first-order chi connectivity index (χ1) is 11.2. The van der Waals surface area contributed by atoms with E-state index in [9.17, 15) is 9.59 Å². The normalized spacial score (nSPS) is 12.0. The maximum atomic E-state index is 12.0. The average molecular weight is 334 g/mol. The Morgan fingerprint density at radius 3 is 3.00 bits per heavy atom. The summed E-state index contributed by atoms with van der Waals surface area (Å²) in [4.78, 5) is 27.8. The number of carbonyl (C=O) groups excluding carboxylic acids is 2. The lowest BCUT2D eigenvalue weighted by molar-refractivity contribution is -0.140. The van der Waals surface area contributed by atoms with Gasteiger partial charge in [0.1, 0.15) is 9.88 Å². The van der Waals surface area contributed by atoms with Crippen molar-refractivity contribution >= 4 is 23.2 Å². The Bertz CT molecular complexity index is 743. The third-order valence-corrected chi connectivity index (χ3v) is 4.24. The monoisotopic (exact) mass is 334 g/mol. The summed E-state index contributed by atoms with van der Waals surface area (Å²) in [6, 6.07) is 5.51. The summed E-state index contributed by atoms with van der Waals surface area (Å²) in [6.45, 7) is 0.438. The number of nitrogens with one attached hydrogen (secondary N) is 1. The molecule has 1 aliphatic heterocycles. The van der Waals surface area contributed by atoms with Crippen LogP contribution < -0.4 is 14.8 Å². The Morgan fingerprint density at radius 1 is 1.35 bits per heavy atom. The predicted octanol–water partition coefficient (Wildman–Crippen LogP) is 1.83. The van der Waals surface area contributed by atoms with E-state index in [0.717, 1.165) is 5.56 Å². The van der Waals surface area contributed by atoms with Gasteiger partial charge in [0.25, 0.3) is 5.91 Å². The van der Waals surface area contributed by atoms with Crippen LogP contribution in [0.1, 0.15) is 16.1 Å². The van der Waals surface area contributed by atoms with E-state index < -0.39 is 0 Å². The van der Waals surface area contributed by atoms with Gasteiger partial charge in [0.15, 0.2) is 11.5 Å². The Labute approximate surface area is 136 Å². The molecule has 8 heteroatoms. The minimum Gasteiger partial charge on any atom is -0.469 e. The molecule has 0 bridgehead atoms. The lowest BCUT2D eigenvalue weighted by atomic mass is 10.2. The largest absolute Gasteiger partial charge is 0.469 e. The van der Waals surface area contributed by atoms with E-state index in [2.05, 4.69) is 15.0 Å². The molecule has 1 amide bonds. The molecule has 1 aromatic carbocycles. The highest BCUT2D eigenvalue weighted by atomic mass is 32.1. The molecule has 2 heterocycles. The lowest BCUT2D eigenvalue weighted by Crippen LogP contribution is -2.25. The number of methoxy groups -OCH3 is 1. The number of aromatic nitrogens is 1. The molecule has 0 saturated carbocycles. The van der Waals surface area contributed by atoms with Gasteiger partial charge < -0.3 is 19.5 Å². The summed E-state index contributed by atoms with van der Waals surface area (Å²) in [5, 5.41) is 3.37. The third-order valence-electron chi connectivity index (χ3n) is 3.19. The number of hydrogen-bond donors (Lipinski definition) is 1. The molecule has 7 nitrogen and oxygen atoms in total. The highest BCUT2D eigenvalue weighted by molar-refractivity contribution is 7.16. The standard InChI is InChI=1S/C15H14N2O5S/c1-20-13(18)4-5-16-14(19)12-7-17-15(23-12)9-2-3-10-11(6-9)22-8-21-10/h2-3,6-7H,4-5,8H2,1H3,(H,16,19). The lowest BCUT2D eigenvalue weighted by Gasteiger charge is -2.01. The van der Waals surface area contributed by atoms with Crippen molar-refractivity contribution in [2.45, 2.75) is 6.42 Å². The molecule has 1 N–H and O–H groups in total. The van der Waals surface area contributed by atoms with Gasteiger partial charge in [-0.3, -0.25) is 9.59 Å². The van der Waals surface area contributed by atoms with Gasteiger partial charge in [0.2, 0.25) is 6.79 Å². The number of nitrogens with zero attached hydrogens (tertiary/aromatic N) is 1. The zero-order valence-electron chi connectivity index (χ0n) is 12.3. The van der Waals surface area contributed by atoms with Gasteiger partial charge >= 0.3 is 5.97 Å². The molecule has 0 saturated heterocycles. The molecule has 1 aromatic heterocycles. The van der Waals surface area contributed by atoms with E-state index in [0.29, 0.717) is 21.4 Å². The molecule has 0 unspecified atom stereocenters. The van der Waals surface area contributed by atoms with Crippen LogP contribution >= 0.6 is 11.3 Å². The number of rotatable bonds is 5. The zero-order chi connectivity index (χ0) is 16.2. The van der Waals surface area contributed by atoms with Crippen molar-refractivity contribution in [1.82, 2.24) is 10.3 Å². The van der Waals surface area contributed by atoms with E-state index in [1.54, 1.807) is 0 Å². The molecule has 1 aliphatic rings. The highest BCUT2D eigenvalue weighted by Crippen LogP contribution is 2.36. The summed E-state index contributed by atoms with van der Waals surface area (Å²) in [7, 11) is 1.31. The van der Waals surface area contributed by atoms with E-state index in [-0.39, 0.29) is 31.6 Å². The van der Waals surface area contributed by atoms with Crippen molar-refractivity contribution in [3.05, 3.63) is 29.3 Å². The van der Waals surface area contributed by atoms with Gasteiger partial charge in [-0.25, -0.2) is 4.98 Å². The first kappa shape index (κ1) is 15.3. The number of benzene rings is 1. The van der Waals surface area contributed by atoms with Crippen LogP contribution in [-0.4, -0.2) is 37.3 Å². The molecular formula is C15H14N2O5S. The summed E-state index contributed by atoms with van der Waals surface area (Å²) >= 11 is 1.27. The SMILES string of the molecule is COC(=O)CCNC(=O)c1cnc(-c2ccc3c(c2)OCO3)s1. The van der Waals surface area contributed by atoms with Crippen LogP contribution in [0.25, 0.3) is 10.6 Å². The fraction of sp³-hybridized carbons (Fsp3) is 0.267. The number of esters is 1. The van der Waals surface area contributed by atoms with Gasteiger partial charge in [-0.2, -0.15) is 0 Å². The van der Waals surface area contributed by atoms with Gasteiger partial charge in [-0.1, -0.05) is 0 Å². The maximum Gasteiger partial charge on any atom is 0.307 e. The second kappa shape index (κ2) is 6.66. The molecule has 0 atom stereocenters. The van der Waals surface area contributed by atoms with Crippen molar-refractivity contribution in [1.29, 1.82) is 0 Å². The molecule has 23 heavy (non-hydrogen) atoms. The van der Waals surface area contributed by atoms with Crippen LogP contribution in [0.15, 0.2) is 24.4 Å². The van der Waals surface area contributed by atoms with E-state index in [1.165, 1.54) is 24.6 Å². The highest BCUT2D eigenvalue weighted by Gasteiger charge is 2.16. The fourth-order valence-electron chi connectivity index (χ4n) is 2.01. The molecule has 0 fully saturated rings. The molecule has 0 spiro atoms. The minimum absolute atomic E-state index is 0.135. The molecular weight excluding hydrogens is 320 g/mol. The van der Waals surface area contributed by atoms with Crippen LogP contribution in [0.3, 0.4) is 0 Å². The number of hydrogen-bond acceptors (Lipinski definition) is 7. The third kappa shape index (κ3) is 3.42. The zero-order valence-corrected chi connectivity index (χ0v) is 13.1. The van der Waals surface area contributed by atoms with E-state index in [1.807, 2.05) is 18.2 Å². The predicted molar refractivity (Wildman–Crippen MR) is 82.6 cm³/mol. The number of fused-ring (bicyclic) bond motifs is 1. The molecule has 0 radical (unpaired) electrons. The van der Waals surface area contributed by atoms with Crippen LogP contribution in [0.5, 0.6) is 11.5 Å².